The van der Waals surface area contributed by atoms with Gasteiger partial charge >= 0.3 is 5.97 Å². The zero-order chi connectivity index (χ0) is 22.5. The quantitative estimate of drug-likeness (QED) is 0.520. The molecule has 0 fully saturated rings. The van der Waals surface area contributed by atoms with Crippen molar-refractivity contribution < 1.29 is 14.3 Å². The van der Waals surface area contributed by atoms with E-state index in [4.69, 9.17) is 4.74 Å². The van der Waals surface area contributed by atoms with Crippen LogP contribution in [0.15, 0.2) is 42.5 Å². The van der Waals surface area contributed by atoms with E-state index in [0.29, 0.717) is 12.0 Å². The average molecular weight is 420 g/mol. The van der Waals surface area contributed by atoms with Crippen molar-refractivity contribution in [2.45, 2.75) is 53.6 Å². The summed E-state index contributed by atoms with van der Waals surface area (Å²) in [5, 5.41) is 2.95. The van der Waals surface area contributed by atoms with E-state index in [1.165, 1.54) is 0 Å². The molecular formula is C25H29N3O3. The standard InChI is InChI=1S/C25H29N3O3/c1-6-18-10-8-9-15(3)22(18)28-24(29)21(7-2)31-25(30)20-13-11-19(12-14-20)23-26-16(4)17(5)27-23/h8-14,21H,6-7H2,1-5H3,(H,26,27)(H,28,29). The molecule has 1 amide bonds. The second-order valence-corrected chi connectivity index (χ2v) is 7.63. The number of benzene rings is 2. The van der Waals surface area contributed by atoms with E-state index in [1.54, 1.807) is 12.1 Å². The van der Waals surface area contributed by atoms with E-state index in [1.807, 2.05) is 65.0 Å². The van der Waals surface area contributed by atoms with Gasteiger partial charge in [-0.1, -0.05) is 44.2 Å². The molecule has 0 saturated carbocycles. The lowest BCUT2D eigenvalue weighted by molar-refractivity contribution is -0.124. The Hall–Kier alpha value is -3.41. The van der Waals surface area contributed by atoms with E-state index in [2.05, 4.69) is 15.3 Å². The number of amides is 1. The molecule has 6 nitrogen and oxygen atoms in total. The number of rotatable bonds is 7. The molecule has 0 saturated heterocycles. The second-order valence-electron chi connectivity index (χ2n) is 7.63. The summed E-state index contributed by atoms with van der Waals surface area (Å²) in [5.41, 5.74) is 6.04. The number of carbonyl (C=O) groups is 2. The summed E-state index contributed by atoms with van der Waals surface area (Å²) in [4.78, 5) is 33.1. The summed E-state index contributed by atoms with van der Waals surface area (Å²) < 4.78 is 5.53. The van der Waals surface area contributed by atoms with Crippen molar-refractivity contribution in [3.8, 4) is 11.4 Å². The highest BCUT2D eigenvalue weighted by Gasteiger charge is 2.23. The number of imidazole rings is 1. The van der Waals surface area contributed by atoms with Crippen LogP contribution < -0.4 is 5.32 Å². The Morgan fingerprint density at radius 2 is 1.77 bits per heavy atom. The van der Waals surface area contributed by atoms with E-state index in [9.17, 15) is 9.59 Å². The van der Waals surface area contributed by atoms with Crippen LogP contribution >= 0.6 is 0 Å². The van der Waals surface area contributed by atoms with Gasteiger partial charge in [0.05, 0.1) is 11.3 Å². The number of aromatic nitrogens is 2. The molecule has 0 spiro atoms. The minimum absolute atomic E-state index is 0.321. The molecule has 2 N–H and O–H groups in total. The Bertz CT molecular complexity index is 1060. The van der Waals surface area contributed by atoms with Gasteiger partial charge in [0.25, 0.3) is 5.91 Å². The molecule has 0 aliphatic heterocycles. The van der Waals surface area contributed by atoms with E-state index < -0.39 is 12.1 Å². The lowest BCUT2D eigenvalue weighted by Crippen LogP contribution is -2.32. The first-order chi connectivity index (χ1) is 14.8. The maximum atomic E-state index is 12.8. The summed E-state index contributed by atoms with van der Waals surface area (Å²) in [5.74, 6) is -0.0930. The first-order valence-electron chi connectivity index (χ1n) is 10.6. The molecule has 0 aliphatic rings. The molecule has 162 valence electrons. The zero-order valence-electron chi connectivity index (χ0n) is 18.7. The highest BCUT2D eigenvalue weighted by molar-refractivity contribution is 5.98. The average Bonchev–Trinajstić information content (AvgIpc) is 3.11. The minimum atomic E-state index is -0.869. The van der Waals surface area contributed by atoms with Gasteiger partial charge in [-0.3, -0.25) is 4.79 Å². The highest BCUT2D eigenvalue weighted by Crippen LogP contribution is 2.22. The van der Waals surface area contributed by atoms with Gasteiger partial charge in [-0.15, -0.1) is 0 Å². The Balaban J connectivity index is 1.70. The molecule has 31 heavy (non-hydrogen) atoms. The molecule has 3 rings (SSSR count). The van der Waals surface area contributed by atoms with Crippen molar-refractivity contribution in [1.82, 2.24) is 9.97 Å². The number of ether oxygens (including phenoxy) is 1. The largest absolute Gasteiger partial charge is 0.449 e. The third kappa shape index (κ3) is 5.02. The predicted octanol–water partition coefficient (Wildman–Crippen LogP) is 5.14. The molecule has 1 aromatic heterocycles. The van der Waals surface area contributed by atoms with Crippen LogP contribution in [0.4, 0.5) is 5.69 Å². The van der Waals surface area contributed by atoms with Gasteiger partial charge in [0.15, 0.2) is 6.10 Å². The third-order valence-electron chi connectivity index (χ3n) is 5.42. The molecule has 6 heteroatoms. The van der Waals surface area contributed by atoms with Gasteiger partial charge < -0.3 is 15.0 Å². The van der Waals surface area contributed by atoms with Gasteiger partial charge in [0.2, 0.25) is 0 Å². The number of esters is 1. The number of anilines is 1. The van der Waals surface area contributed by atoms with Gasteiger partial charge in [0.1, 0.15) is 5.82 Å². The third-order valence-corrected chi connectivity index (χ3v) is 5.42. The first kappa shape index (κ1) is 22.3. The second kappa shape index (κ2) is 9.60. The smallest absolute Gasteiger partial charge is 0.338 e. The van der Waals surface area contributed by atoms with Gasteiger partial charge in [-0.2, -0.15) is 0 Å². The van der Waals surface area contributed by atoms with Crippen LogP contribution in [-0.2, 0) is 16.0 Å². The molecule has 0 aliphatic carbocycles. The number of H-pyrrole nitrogens is 1. The lowest BCUT2D eigenvalue weighted by Gasteiger charge is -2.19. The number of nitrogens with one attached hydrogen (secondary N) is 2. The molecule has 0 bridgehead atoms. The lowest BCUT2D eigenvalue weighted by atomic mass is 10.1. The van der Waals surface area contributed by atoms with Crippen LogP contribution in [0.3, 0.4) is 0 Å². The minimum Gasteiger partial charge on any atom is -0.449 e. The van der Waals surface area contributed by atoms with Crippen molar-refractivity contribution in [1.29, 1.82) is 0 Å². The highest BCUT2D eigenvalue weighted by atomic mass is 16.5. The van der Waals surface area contributed by atoms with Crippen molar-refractivity contribution in [3.63, 3.8) is 0 Å². The van der Waals surface area contributed by atoms with Crippen LogP contribution in [0.5, 0.6) is 0 Å². The van der Waals surface area contributed by atoms with Gasteiger partial charge in [0, 0.05) is 16.9 Å². The summed E-state index contributed by atoms with van der Waals surface area (Å²) in [6.45, 7) is 9.72. The van der Waals surface area contributed by atoms with E-state index in [0.717, 1.165) is 46.0 Å². The maximum absolute atomic E-state index is 12.8. The Morgan fingerprint density at radius 3 is 2.35 bits per heavy atom. The Labute approximate surface area is 183 Å². The van der Waals surface area contributed by atoms with Crippen LogP contribution in [0.25, 0.3) is 11.4 Å². The SMILES string of the molecule is CCc1cccc(C)c1NC(=O)C(CC)OC(=O)c1ccc(-c2nc(C)c(C)[nH]2)cc1. The Kier molecular flexibility index (Phi) is 6.90. The number of para-hydroxylation sites is 1. The van der Waals surface area contributed by atoms with Crippen LogP contribution in [0, 0.1) is 20.8 Å². The molecule has 1 atom stereocenters. The summed E-state index contributed by atoms with van der Waals surface area (Å²) >= 11 is 0. The number of aryl methyl sites for hydroxylation is 4. The fraction of sp³-hybridized carbons (Fsp3) is 0.320. The van der Waals surface area contributed by atoms with Crippen molar-refractivity contribution in [3.05, 3.63) is 70.5 Å². The summed E-state index contributed by atoms with van der Waals surface area (Å²) in [6, 6.07) is 12.9. The summed E-state index contributed by atoms with van der Waals surface area (Å²) in [7, 11) is 0. The monoisotopic (exact) mass is 419 g/mol. The van der Waals surface area contributed by atoms with Crippen LogP contribution in [0.1, 0.15) is 53.1 Å². The molecule has 1 unspecified atom stereocenters. The zero-order valence-corrected chi connectivity index (χ0v) is 18.7. The fourth-order valence-electron chi connectivity index (χ4n) is 3.37. The van der Waals surface area contributed by atoms with Gasteiger partial charge in [-0.05, 0) is 56.9 Å². The number of nitrogens with zero attached hydrogens (tertiary/aromatic N) is 1. The van der Waals surface area contributed by atoms with Crippen molar-refractivity contribution in [2.75, 3.05) is 5.32 Å². The topological polar surface area (TPSA) is 84.1 Å². The number of hydrogen-bond acceptors (Lipinski definition) is 4. The van der Waals surface area contributed by atoms with E-state index >= 15 is 0 Å². The van der Waals surface area contributed by atoms with Gasteiger partial charge in [-0.25, -0.2) is 9.78 Å². The van der Waals surface area contributed by atoms with Crippen LogP contribution in [-0.4, -0.2) is 27.9 Å². The number of carbonyl (C=O) groups excluding carboxylic acids is 2. The Morgan fingerprint density at radius 1 is 1.06 bits per heavy atom. The number of aromatic amines is 1. The molecule has 0 radical (unpaired) electrons. The molecule has 3 aromatic rings. The summed E-state index contributed by atoms with van der Waals surface area (Å²) in [6.07, 6.45) is 0.315. The fourth-order valence-corrected chi connectivity index (χ4v) is 3.37. The van der Waals surface area contributed by atoms with Crippen LogP contribution in [0.2, 0.25) is 0 Å². The number of hydrogen-bond donors (Lipinski definition) is 2. The normalized spacial score (nSPS) is 11.8. The molecule has 2 aromatic carbocycles. The maximum Gasteiger partial charge on any atom is 0.338 e. The van der Waals surface area contributed by atoms with Crippen molar-refractivity contribution in [2.24, 2.45) is 0 Å². The van der Waals surface area contributed by atoms with Crippen molar-refractivity contribution >= 4 is 17.6 Å². The molecular weight excluding hydrogens is 390 g/mol. The predicted molar refractivity (Wildman–Crippen MR) is 122 cm³/mol. The molecule has 1 heterocycles. The van der Waals surface area contributed by atoms with E-state index in [-0.39, 0.29) is 5.91 Å². The first-order valence-corrected chi connectivity index (χ1v) is 10.6.